The van der Waals surface area contributed by atoms with Gasteiger partial charge in [0.2, 0.25) is 0 Å². The van der Waals surface area contributed by atoms with Gasteiger partial charge in [0.15, 0.2) is 0 Å². The average Bonchev–Trinajstić information content (AvgIpc) is 2.71. The van der Waals surface area contributed by atoms with Gasteiger partial charge >= 0.3 is 0 Å². The highest BCUT2D eigenvalue weighted by atomic mass is 32.1. The van der Waals surface area contributed by atoms with Crippen LogP contribution in [-0.2, 0) is 6.61 Å². The first-order valence-corrected chi connectivity index (χ1v) is 4.84. The fourth-order valence-corrected chi connectivity index (χ4v) is 1.72. The first-order chi connectivity index (χ1) is 6.40. The van der Waals surface area contributed by atoms with Gasteiger partial charge in [-0.25, -0.2) is 0 Å². The lowest BCUT2D eigenvalue weighted by Gasteiger charge is -1.99. The Hall–Kier alpha value is -1.19. The van der Waals surface area contributed by atoms with E-state index in [-0.39, 0.29) is 6.61 Å². The van der Waals surface area contributed by atoms with Gasteiger partial charge in [0.25, 0.3) is 0 Å². The van der Waals surface area contributed by atoms with E-state index in [1.54, 1.807) is 0 Å². The third-order valence-electron chi connectivity index (χ3n) is 1.84. The Morgan fingerprint density at radius 2 is 2.23 bits per heavy atom. The van der Waals surface area contributed by atoms with Crippen LogP contribution in [0.15, 0.2) is 35.7 Å². The van der Waals surface area contributed by atoms with Gasteiger partial charge in [-0.2, -0.15) is 4.37 Å². The summed E-state index contributed by atoms with van der Waals surface area (Å²) in [5, 5.41) is 10.9. The first kappa shape index (κ1) is 8.41. The lowest BCUT2D eigenvalue weighted by molar-refractivity contribution is 0.282. The van der Waals surface area contributed by atoms with Gasteiger partial charge in [0.1, 0.15) is 0 Å². The molecule has 2 nitrogen and oxygen atoms in total. The van der Waals surface area contributed by atoms with Crippen LogP contribution in [0, 0.1) is 0 Å². The van der Waals surface area contributed by atoms with Crippen LogP contribution in [0.4, 0.5) is 0 Å². The number of nitrogens with zero attached hydrogens (tertiary/aromatic N) is 1. The maximum Gasteiger partial charge on any atom is 0.0840 e. The SMILES string of the molecule is OCc1cccc(-c2ccsn2)c1. The van der Waals surface area contributed by atoms with Gasteiger partial charge in [-0.05, 0) is 29.2 Å². The lowest BCUT2D eigenvalue weighted by Crippen LogP contribution is -1.83. The van der Waals surface area contributed by atoms with Crippen molar-refractivity contribution in [2.24, 2.45) is 0 Å². The predicted molar refractivity (Wildman–Crippen MR) is 53.5 cm³/mol. The maximum atomic E-state index is 8.94. The van der Waals surface area contributed by atoms with Gasteiger partial charge in [0.05, 0.1) is 12.3 Å². The minimum Gasteiger partial charge on any atom is -0.392 e. The molecule has 0 fully saturated rings. The minimum absolute atomic E-state index is 0.0813. The fourth-order valence-electron chi connectivity index (χ4n) is 1.19. The summed E-state index contributed by atoms with van der Waals surface area (Å²) < 4.78 is 4.22. The lowest BCUT2D eigenvalue weighted by atomic mass is 10.1. The topological polar surface area (TPSA) is 33.1 Å². The molecule has 1 aromatic heterocycles. The molecule has 1 N–H and O–H groups in total. The van der Waals surface area contributed by atoms with Gasteiger partial charge in [-0.1, -0.05) is 18.2 Å². The average molecular weight is 191 g/mol. The third kappa shape index (κ3) is 1.76. The van der Waals surface area contributed by atoms with E-state index < -0.39 is 0 Å². The van der Waals surface area contributed by atoms with E-state index >= 15 is 0 Å². The molecular weight excluding hydrogens is 182 g/mol. The van der Waals surface area contributed by atoms with Gasteiger partial charge in [0, 0.05) is 10.9 Å². The largest absolute Gasteiger partial charge is 0.392 e. The summed E-state index contributed by atoms with van der Waals surface area (Å²) in [7, 11) is 0. The van der Waals surface area contributed by atoms with E-state index in [0.29, 0.717) is 0 Å². The van der Waals surface area contributed by atoms with E-state index in [9.17, 15) is 0 Å². The second-order valence-corrected chi connectivity index (χ2v) is 3.41. The van der Waals surface area contributed by atoms with Crippen molar-refractivity contribution in [3.63, 3.8) is 0 Å². The fraction of sp³-hybridized carbons (Fsp3) is 0.100. The zero-order valence-corrected chi connectivity index (χ0v) is 7.79. The molecule has 13 heavy (non-hydrogen) atoms. The normalized spacial score (nSPS) is 10.2. The molecule has 3 heteroatoms. The highest BCUT2D eigenvalue weighted by Crippen LogP contribution is 2.19. The van der Waals surface area contributed by atoms with Crippen LogP contribution in [-0.4, -0.2) is 9.48 Å². The summed E-state index contributed by atoms with van der Waals surface area (Å²) >= 11 is 1.44. The molecule has 0 saturated carbocycles. The molecule has 1 aromatic carbocycles. The van der Waals surface area contributed by atoms with Gasteiger partial charge < -0.3 is 5.11 Å². The minimum atomic E-state index is 0.0813. The maximum absolute atomic E-state index is 8.94. The van der Waals surface area contributed by atoms with Crippen molar-refractivity contribution in [3.05, 3.63) is 41.3 Å². The number of benzene rings is 1. The number of aliphatic hydroxyl groups is 1. The third-order valence-corrected chi connectivity index (χ3v) is 2.40. The molecule has 0 bridgehead atoms. The van der Waals surface area contributed by atoms with Crippen LogP contribution in [0.5, 0.6) is 0 Å². The molecule has 0 aliphatic rings. The van der Waals surface area contributed by atoms with Crippen molar-refractivity contribution in [2.75, 3.05) is 0 Å². The number of aromatic nitrogens is 1. The molecule has 66 valence electrons. The molecule has 2 rings (SSSR count). The van der Waals surface area contributed by atoms with Crippen LogP contribution in [0.1, 0.15) is 5.56 Å². The van der Waals surface area contributed by atoms with Gasteiger partial charge in [-0.3, -0.25) is 0 Å². The molecule has 0 amide bonds. The number of rotatable bonds is 2. The number of aliphatic hydroxyl groups excluding tert-OH is 1. The Balaban J connectivity index is 2.41. The molecule has 0 saturated heterocycles. The van der Waals surface area contributed by atoms with E-state index in [1.165, 1.54) is 11.5 Å². The highest BCUT2D eigenvalue weighted by molar-refractivity contribution is 7.03. The summed E-state index contributed by atoms with van der Waals surface area (Å²) in [6.07, 6.45) is 0. The van der Waals surface area contributed by atoms with Gasteiger partial charge in [-0.15, -0.1) is 0 Å². The van der Waals surface area contributed by atoms with Crippen LogP contribution in [0.2, 0.25) is 0 Å². The summed E-state index contributed by atoms with van der Waals surface area (Å²) in [4.78, 5) is 0. The van der Waals surface area contributed by atoms with E-state index in [1.807, 2.05) is 35.7 Å². The van der Waals surface area contributed by atoms with Crippen molar-refractivity contribution >= 4 is 11.5 Å². The second-order valence-electron chi connectivity index (χ2n) is 2.74. The predicted octanol–water partition coefficient (Wildman–Crippen LogP) is 2.30. The smallest absolute Gasteiger partial charge is 0.0840 e. The Labute approximate surface area is 80.6 Å². The quantitative estimate of drug-likeness (QED) is 0.790. The van der Waals surface area contributed by atoms with E-state index in [0.717, 1.165) is 16.8 Å². The highest BCUT2D eigenvalue weighted by Gasteiger charge is 1.99. The molecular formula is C10H9NOS. The Morgan fingerprint density at radius 1 is 1.31 bits per heavy atom. The zero-order valence-electron chi connectivity index (χ0n) is 6.97. The summed E-state index contributed by atoms with van der Waals surface area (Å²) in [5.74, 6) is 0. The first-order valence-electron chi connectivity index (χ1n) is 4.01. The standard InChI is InChI=1S/C10H9NOS/c12-7-8-2-1-3-9(6-8)10-4-5-13-11-10/h1-6,12H,7H2. The second kappa shape index (κ2) is 3.68. The van der Waals surface area contributed by atoms with E-state index in [4.69, 9.17) is 5.11 Å². The molecule has 0 aliphatic carbocycles. The number of hydrogen-bond acceptors (Lipinski definition) is 3. The Kier molecular flexibility index (Phi) is 2.38. The monoisotopic (exact) mass is 191 g/mol. The van der Waals surface area contributed by atoms with Crippen LogP contribution >= 0.6 is 11.5 Å². The van der Waals surface area contributed by atoms with Crippen molar-refractivity contribution in [3.8, 4) is 11.3 Å². The number of hydrogen-bond donors (Lipinski definition) is 1. The summed E-state index contributed by atoms with van der Waals surface area (Å²) in [5.41, 5.74) is 2.96. The molecule has 0 aliphatic heterocycles. The van der Waals surface area contributed by atoms with Crippen molar-refractivity contribution in [2.45, 2.75) is 6.61 Å². The van der Waals surface area contributed by atoms with Crippen LogP contribution in [0.25, 0.3) is 11.3 Å². The summed E-state index contributed by atoms with van der Waals surface area (Å²) in [6, 6.07) is 9.75. The molecule has 0 unspecified atom stereocenters. The van der Waals surface area contributed by atoms with Crippen LogP contribution < -0.4 is 0 Å². The van der Waals surface area contributed by atoms with Crippen molar-refractivity contribution in [1.82, 2.24) is 4.37 Å². The molecule has 1 heterocycles. The summed E-state index contributed by atoms with van der Waals surface area (Å²) in [6.45, 7) is 0.0813. The zero-order chi connectivity index (χ0) is 9.10. The molecule has 0 atom stereocenters. The Bertz CT molecular complexity index is 384. The molecule has 0 spiro atoms. The molecule has 2 aromatic rings. The Morgan fingerprint density at radius 3 is 2.92 bits per heavy atom. The van der Waals surface area contributed by atoms with Crippen LogP contribution in [0.3, 0.4) is 0 Å². The molecule has 0 radical (unpaired) electrons. The van der Waals surface area contributed by atoms with Crippen molar-refractivity contribution < 1.29 is 5.11 Å². The van der Waals surface area contributed by atoms with Crippen molar-refractivity contribution in [1.29, 1.82) is 0 Å². The van der Waals surface area contributed by atoms with E-state index in [2.05, 4.69) is 4.37 Å².